The molecule has 0 N–H and O–H groups in total. The lowest BCUT2D eigenvalue weighted by molar-refractivity contribution is -0.135. The minimum atomic E-state index is -4.21. The Hall–Kier alpha value is -2.11. The van der Waals surface area contributed by atoms with Crippen molar-refractivity contribution in [3.63, 3.8) is 0 Å². The van der Waals surface area contributed by atoms with Crippen molar-refractivity contribution in [2.75, 3.05) is 0 Å². The third kappa shape index (κ3) is 3.94. The molecule has 20 heavy (non-hydrogen) atoms. The van der Waals surface area contributed by atoms with E-state index in [0.29, 0.717) is 5.56 Å². The van der Waals surface area contributed by atoms with Gasteiger partial charge in [0.05, 0.1) is 17.4 Å². The van der Waals surface area contributed by atoms with Crippen LogP contribution in [-0.4, -0.2) is 21.7 Å². The lowest BCUT2D eigenvalue weighted by Crippen LogP contribution is -2.08. The van der Waals surface area contributed by atoms with E-state index in [4.69, 9.17) is 0 Å². The second kappa shape index (κ2) is 5.90. The van der Waals surface area contributed by atoms with Crippen molar-refractivity contribution in [2.45, 2.75) is 25.4 Å². The summed E-state index contributed by atoms with van der Waals surface area (Å²) in [5.41, 5.74) is 1.12. The number of carbonyl (C=O) groups is 1. The molecule has 6 heteroatoms. The third-order valence-corrected chi connectivity index (χ3v) is 2.79. The van der Waals surface area contributed by atoms with E-state index in [1.807, 2.05) is 30.3 Å². The molecule has 1 aromatic heterocycles. The number of rotatable bonds is 5. The molecule has 2 aromatic rings. The third-order valence-electron chi connectivity index (χ3n) is 2.79. The van der Waals surface area contributed by atoms with Crippen LogP contribution < -0.4 is 0 Å². The molecular formula is C14H13F3N2O. The molecule has 2 rings (SSSR count). The number of halogens is 3. The number of Topliss-reactive ketones (excluding diaryl/α,β-unsaturated/α-hetero) is 1. The number of hydrogen-bond donors (Lipinski definition) is 0. The average Bonchev–Trinajstić information content (AvgIpc) is 2.88. The quantitative estimate of drug-likeness (QED) is 0.782. The predicted molar refractivity (Wildman–Crippen MR) is 67.8 cm³/mol. The van der Waals surface area contributed by atoms with Gasteiger partial charge in [0.15, 0.2) is 5.78 Å². The zero-order valence-corrected chi connectivity index (χ0v) is 10.6. The molecule has 1 aromatic carbocycles. The smallest absolute Gasteiger partial charge is 0.294 e. The van der Waals surface area contributed by atoms with Crippen molar-refractivity contribution in [3.05, 3.63) is 48.3 Å². The Labute approximate surface area is 114 Å². The largest absolute Gasteiger partial charge is 0.389 e. The zero-order valence-electron chi connectivity index (χ0n) is 10.6. The molecule has 0 atom stereocenters. The van der Waals surface area contributed by atoms with Crippen LogP contribution >= 0.6 is 0 Å². The highest BCUT2D eigenvalue weighted by Crippen LogP contribution is 2.22. The first kappa shape index (κ1) is 14.3. The fourth-order valence-electron chi connectivity index (χ4n) is 1.78. The van der Waals surface area contributed by atoms with E-state index in [1.54, 1.807) is 0 Å². The van der Waals surface area contributed by atoms with Crippen LogP contribution in [0, 0.1) is 0 Å². The number of hydrogen-bond acceptors (Lipinski definition) is 2. The maximum Gasteiger partial charge on any atom is 0.389 e. The lowest BCUT2D eigenvalue weighted by Gasteiger charge is -2.04. The van der Waals surface area contributed by atoms with Crippen LogP contribution in [0.3, 0.4) is 0 Å². The summed E-state index contributed by atoms with van der Waals surface area (Å²) in [4.78, 5) is 11.8. The summed E-state index contributed by atoms with van der Waals surface area (Å²) in [6.07, 6.45) is -2.56. The molecule has 0 saturated carbocycles. The van der Waals surface area contributed by atoms with E-state index in [-0.39, 0.29) is 18.6 Å². The first-order chi connectivity index (χ1) is 9.46. The average molecular weight is 282 g/mol. The fourth-order valence-corrected chi connectivity index (χ4v) is 1.78. The van der Waals surface area contributed by atoms with E-state index >= 15 is 0 Å². The van der Waals surface area contributed by atoms with E-state index in [1.165, 1.54) is 17.1 Å². The maximum atomic E-state index is 12.0. The van der Waals surface area contributed by atoms with Gasteiger partial charge in [-0.3, -0.25) is 4.79 Å². The van der Waals surface area contributed by atoms with Gasteiger partial charge in [0.25, 0.3) is 0 Å². The second-order valence-electron chi connectivity index (χ2n) is 4.40. The van der Waals surface area contributed by atoms with Gasteiger partial charge in [-0.2, -0.15) is 18.3 Å². The molecule has 0 bridgehead atoms. The van der Waals surface area contributed by atoms with Gasteiger partial charge >= 0.3 is 6.18 Å². The van der Waals surface area contributed by atoms with E-state index in [2.05, 4.69) is 5.10 Å². The van der Waals surface area contributed by atoms with Crippen LogP contribution in [0.2, 0.25) is 0 Å². The molecule has 0 saturated heterocycles. The van der Waals surface area contributed by atoms with Gasteiger partial charge < -0.3 is 0 Å². The first-order valence-corrected chi connectivity index (χ1v) is 6.16. The Morgan fingerprint density at radius 1 is 1.20 bits per heavy atom. The Morgan fingerprint density at radius 3 is 2.55 bits per heavy atom. The molecule has 0 aliphatic carbocycles. The molecule has 106 valence electrons. The van der Waals surface area contributed by atoms with Crippen molar-refractivity contribution in [1.29, 1.82) is 0 Å². The number of para-hydroxylation sites is 1. The topological polar surface area (TPSA) is 34.9 Å². The van der Waals surface area contributed by atoms with Crippen LogP contribution in [0.4, 0.5) is 13.2 Å². The maximum absolute atomic E-state index is 12.0. The Bertz CT molecular complexity index is 576. The summed E-state index contributed by atoms with van der Waals surface area (Å²) in [5, 5.41) is 4.04. The van der Waals surface area contributed by atoms with Crippen molar-refractivity contribution < 1.29 is 18.0 Å². The van der Waals surface area contributed by atoms with Crippen LogP contribution in [0.25, 0.3) is 5.69 Å². The summed E-state index contributed by atoms with van der Waals surface area (Å²) in [6.45, 7) is 0. The molecule has 0 radical (unpaired) electrons. The standard InChI is InChI=1S/C14H13F3N2O/c15-14(16,17)8-4-7-13(20)11-9-18-19(10-11)12-5-2-1-3-6-12/h1-3,5-6,9-10H,4,7-8H2. The number of aromatic nitrogens is 2. The lowest BCUT2D eigenvalue weighted by atomic mass is 10.1. The number of alkyl halides is 3. The van der Waals surface area contributed by atoms with Gasteiger partial charge in [-0.05, 0) is 18.6 Å². The molecule has 1 heterocycles. The number of carbonyl (C=O) groups excluding carboxylic acids is 1. The van der Waals surface area contributed by atoms with Gasteiger partial charge in [-0.15, -0.1) is 0 Å². The molecule has 0 aliphatic heterocycles. The van der Waals surface area contributed by atoms with Crippen LogP contribution in [0.15, 0.2) is 42.7 Å². The molecule has 0 unspecified atom stereocenters. The Morgan fingerprint density at radius 2 is 1.90 bits per heavy atom. The predicted octanol–water partition coefficient (Wildman–Crippen LogP) is 3.79. The molecule has 0 fully saturated rings. The number of nitrogens with zero attached hydrogens (tertiary/aromatic N) is 2. The minimum Gasteiger partial charge on any atom is -0.294 e. The van der Waals surface area contributed by atoms with Crippen molar-refractivity contribution in [1.82, 2.24) is 9.78 Å². The summed E-state index contributed by atoms with van der Waals surface area (Å²) in [5.74, 6) is -0.323. The van der Waals surface area contributed by atoms with Gasteiger partial charge in [0, 0.05) is 19.0 Å². The Balaban J connectivity index is 1.97. The normalized spacial score (nSPS) is 11.6. The van der Waals surface area contributed by atoms with Gasteiger partial charge in [0.2, 0.25) is 0 Å². The number of ketones is 1. The summed E-state index contributed by atoms with van der Waals surface area (Å²) in [6, 6.07) is 9.18. The highest BCUT2D eigenvalue weighted by Gasteiger charge is 2.26. The van der Waals surface area contributed by atoms with Crippen molar-refractivity contribution >= 4 is 5.78 Å². The number of benzene rings is 1. The van der Waals surface area contributed by atoms with E-state index in [0.717, 1.165) is 5.69 Å². The minimum absolute atomic E-state index is 0.125. The van der Waals surface area contributed by atoms with E-state index in [9.17, 15) is 18.0 Å². The van der Waals surface area contributed by atoms with Gasteiger partial charge in [-0.25, -0.2) is 4.68 Å². The molecule has 0 aliphatic rings. The Kier molecular flexibility index (Phi) is 4.22. The summed E-state index contributed by atoms with van der Waals surface area (Å²) < 4.78 is 37.5. The summed E-state index contributed by atoms with van der Waals surface area (Å²) >= 11 is 0. The van der Waals surface area contributed by atoms with Gasteiger partial charge in [0.1, 0.15) is 0 Å². The van der Waals surface area contributed by atoms with Crippen LogP contribution in [0.1, 0.15) is 29.6 Å². The second-order valence-corrected chi connectivity index (χ2v) is 4.40. The SMILES string of the molecule is O=C(CCCC(F)(F)F)c1cnn(-c2ccccc2)c1. The molecular weight excluding hydrogens is 269 g/mol. The van der Waals surface area contributed by atoms with Gasteiger partial charge in [-0.1, -0.05) is 18.2 Å². The zero-order chi connectivity index (χ0) is 14.6. The van der Waals surface area contributed by atoms with Crippen LogP contribution in [-0.2, 0) is 0 Å². The highest BCUT2D eigenvalue weighted by atomic mass is 19.4. The molecule has 3 nitrogen and oxygen atoms in total. The van der Waals surface area contributed by atoms with E-state index < -0.39 is 12.6 Å². The van der Waals surface area contributed by atoms with Crippen molar-refractivity contribution in [3.8, 4) is 5.69 Å². The molecule has 0 spiro atoms. The first-order valence-electron chi connectivity index (χ1n) is 6.16. The summed E-state index contributed by atoms with van der Waals surface area (Å²) in [7, 11) is 0. The monoisotopic (exact) mass is 282 g/mol. The molecule has 0 amide bonds. The van der Waals surface area contributed by atoms with Crippen LogP contribution in [0.5, 0.6) is 0 Å². The highest BCUT2D eigenvalue weighted by molar-refractivity contribution is 5.95. The van der Waals surface area contributed by atoms with Crippen molar-refractivity contribution in [2.24, 2.45) is 0 Å². The fraction of sp³-hybridized carbons (Fsp3) is 0.286.